The summed E-state index contributed by atoms with van der Waals surface area (Å²) >= 11 is 5.93. The number of aliphatic imine (C=N–C) groups is 1. The van der Waals surface area contributed by atoms with E-state index in [0.29, 0.717) is 24.1 Å². The summed E-state index contributed by atoms with van der Waals surface area (Å²) in [4.78, 5) is 17.4. The summed E-state index contributed by atoms with van der Waals surface area (Å²) in [5, 5.41) is 3.39. The Bertz CT molecular complexity index is 484. The SMILES string of the molecule is O=C1CN2C(=NCc3ccc(Cl)cc32)N1. The number of carbonyl (C=O) groups excluding carboxylic acids is 1. The number of fused-ring (bicyclic) bond motifs is 3. The van der Waals surface area contributed by atoms with Crippen molar-refractivity contribution in [1.29, 1.82) is 0 Å². The number of nitrogens with zero attached hydrogens (tertiary/aromatic N) is 2. The number of carbonyl (C=O) groups is 1. The van der Waals surface area contributed by atoms with Gasteiger partial charge in [-0.3, -0.25) is 10.1 Å². The molecule has 2 aliphatic rings. The van der Waals surface area contributed by atoms with Crippen LogP contribution in [0, 0.1) is 0 Å². The minimum absolute atomic E-state index is 0.0263. The lowest BCUT2D eigenvalue weighted by molar-refractivity contribution is -0.117. The van der Waals surface area contributed by atoms with Crippen LogP contribution in [0.5, 0.6) is 0 Å². The van der Waals surface area contributed by atoms with Crippen LogP contribution in [-0.2, 0) is 11.3 Å². The summed E-state index contributed by atoms with van der Waals surface area (Å²) < 4.78 is 0. The maximum Gasteiger partial charge on any atom is 0.246 e. The van der Waals surface area contributed by atoms with E-state index in [1.54, 1.807) is 0 Å². The maximum absolute atomic E-state index is 11.2. The summed E-state index contributed by atoms with van der Waals surface area (Å²) in [5.74, 6) is 0.608. The van der Waals surface area contributed by atoms with Crippen molar-refractivity contribution in [2.45, 2.75) is 6.54 Å². The molecule has 0 unspecified atom stereocenters. The molecule has 1 aromatic rings. The summed E-state index contributed by atoms with van der Waals surface area (Å²) in [6.45, 7) is 0.921. The number of guanidine groups is 1. The topological polar surface area (TPSA) is 44.7 Å². The number of amides is 1. The third-order valence-corrected chi connectivity index (χ3v) is 2.78. The van der Waals surface area contributed by atoms with E-state index in [-0.39, 0.29) is 5.91 Å². The van der Waals surface area contributed by atoms with Crippen LogP contribution < -0.4 is 10.2 Å². The smallest absolute Gasteiger partial charge is 0.246 e. The highest BCUT2D eigenvalue weighted by molar-refractivity contribution is 6.31. The zero-order valence-corrected chi connectivity index (χ0v) is 8.58. The van der Waals surface area contributed by atoms with E-state index >= 15 is 0 Å². The normalized spacial score (nSPS) is 18.1. The Morgan fingerprint density at radius 3 is 3.20 bits per heavy atom. The summed E-state index contributed by atoms with van der Waals surface area (Å²) in [6, 6.07) is 5.65. The van der Waals surface area contributed by atoms with Crippen molar-refractivity contribution in [1.82, 2.24) is 5.32 Å². The molecule has 4 nitrogen and oxygen atoms in total. The van der Waals surface area contributed by atoms with E-state index in [2.05, 4.69) is 10.3 Å². The van der Waals surface area contributed by atoms with Crippen LogP contribution in [0.15, 0.2) is 23.2 Å². The molecule has 0 bridgehead atoms. The Kier molecular flexibility index (Phi) is 1.73. The van der Waals surface area contributed by atoms with Crippen LogP contribution in [0.2, 0.25) is 5.02 Å². The van der Waals surface area contributed by atoms with Gasteiger partial charge in [-0.2, -0.15) is 0 Å². The van der Waals surface area contributed by atoms with E-state index in [9.17, 15) is 4.79 Å². The lowest BCUT2D eigenvalue weighted by Gasteiger charge is -2.24. The van der Waals surface area contributed by atoms with Gasteiger partial charge in [-0.05, 0) is 17.7 Å². The molecule has 1 amide bonds. The van der Waals surface area contributed by atoms with E-state index < -0.39 is 0 Å². The molecule has 0 spiro atoms. The number of hydrogen-bond acceptors (Lipinski definition) is 3. The Hall–Kier alpha value is -1.55. The molecule has 0 radical (unpaired) electrons. The first-order chi connectivity index (χ1) is 7.24. The molecule has 5 heteroatoms. The Morgan fingerprint density at radius 1 is 1.47 bits per heavy atom. The predicted molar refractivity (Wildman–Crippen MR) is 58.1 cm³/mol. The van der Waals surface area contributed by atoms with Crippen molar-refractivity contribution < 1.29 is 4.79 Å². The quantitative estimate of drug-likeness (QED) is 0.714. The molecule has 2 heterocycles. The van der Waals surface area contributed by atoms with Crippen molar-refractivity contribution in [2.75, 3.05) is 11.4 Å². The molecule has 0 saturated carbocycles. The van der Waals surface area contributed by atoms with E-state index in [0.717, 1.165) is 11.3 Å². The number of hydrogen-bond donors (Lipinski definition) is 1. The van der Waals surface area contributed by atoms with Gasteiger partial charge in [0.25, 0.3) is 0 Å². The third-order valence-electron chi connectivity index (χ3n) is 2.55. The third kappa shape index (κ3) is 1.29. The fourth-order valence-electron chi connectivity index (χ4n) is 1.86. The first-order valence-electron chi connectivity index (χ1n) is 4.64. The van der Waals surface area contributed by atoms with Crippen LogP contribution >= 0.6 is 11.6 Å². The van der Waals surface area contributed by atoms with Gasteiger partial charge >= 0.3 is 0 Å². The van der Waals surface area contributed by atoms with Crippen molar-refractivity contribution in [3.8, 4) is 0 Å². The number of halogens is 1. The minimum atomic E-state index is -0.0263. The van der Waals surface area contributed by atoms with Crippen molar-refractivity contribution >= 4 is 29.2 Å². The number of benzene rings is 1. The number of rotatable bonds is 0. The molecular weight excluding hydrogens is 214 g/mol. The van der Waals surface area contributed by atoms with Crippen LogP contribution in [0.1, 0.15) is 5.56 Å². The second kappa shape index (κ2) is 2.97. The molecule has 76 valence electrons. The van der Waals surface area contributed by atoms with Crippen LogP contribution in [0.3, 0.4) is 0 Å². The van der Waals surface area contributed by atoms with Crippen molar-refractivity contribution in [3.05, 3.63) is 28.8 Å². The van der Waals surface area contributed by atoms with E-state index in [1.807, 2.05) is 23.1 Å². The second-order valence-corrected chi connectivity index (χ2v) is 3.98. The first-order valence-corrected chi connectivity index (χ1v) is 5.02. The molecule has 0 atom stereocenters. The minimum Gasteiger partial charge on any atom is -0.303 e. The lowest BCUT2D eigenvalue weighted by atomic mass is 10.1. The van der Waals surface area contributed by atoms with Gasteiger partial charge in [0.15, 0.2) is 0 Å². The van der Waals surface area contributed by atoms with E-state index in [1.165, 1.54) is 0 Å². The van der Waals surface area contributed by atoms with Gasteiger partial charge in [-0.25, -0.2) is 4.99 Å². The fraction of sp³-hybridized carbons (Fsp3) is 0.200. The maximum atomic E-state index is 11.2. The summed E-state index contributed by atoms with van der Waals surface area (Å²) in [6.07, 6.45) is 0. The summed E-state index contributed by atoms with van der Waals surface area (Å²) in [7, 11) is 0. The Balaban J connectivity index is 2.12. The molecular formula is C10H8ClN3O. The second-order valence-electron chi connectivity index (χ2n) is 3.55. The van der Waals surface area contributed by atoms with Crippen LogP contribution in [-0.4, -0.2) is 18.4 Å². The van der Waals surface area contributed by atoms with Gasteiger partial charge < -0.3 is 4.90 Å². The molecule has 15 heavy (non-hydrogen) atoms. The molecule has 3 rings (SSSR count). The van der Waals surface area contributed by atoms with Gasteiger partial charge in [0, 0.05) is 5.02 Å². The van der Waals surface area contributed by atoms with Crippen LogP contribution in [0.4, 0.5) is 5.69 Å². The number of anilines is 1. The molecule has 1 fully saturated rings. The average molecular weight is 222 g/mol. The van der Waals surface area contributed by atoms with Crippen LogP contribution in [0.25, 0.3) is 0 Å². The van der Waals surface area contributed by atoms with Gasteiger partial charge in [-0.1, -0.05) is 17.7 Å². The zero-order chi connectivity index (χ0) is 10.4. The van der Waals surface area contributed by atoms with Crippen molar-refractivity contribution in [3.63, 3.8) is 0 Å². The molecule has 1 saturated heterocycles. The zero-order valence-electron chi connectivity index (χ0n) is 7.83. The lowest BCUT2D eigenvalue weighted by Crippen LogP contribution is -2.33. The Labute approximate surface area is 91.5 Å². The van der Waals surface area contributed by atoms with Crippen molar-refractivity contribution in [2.24, 2.45) is 4.99 Å². The Morgan fingerprint density at radius 2 is 2.33 bits per heavy atom. The highest BCUT2D eigenvalue weighted by Gasteiger charge is 2.30. The molecule has 1 N–H and O–H groups in total. The molecule has 0 aliphatic carbocycles. The molecule has 2 aliphatic heterocycles. The first kappa shape index (κ1) is 8.73. The largest absolute Gasteiger partial charge is 0.303 e. The fourth-order valence-corrected chi connectivity index (χ4v) is 2.02. The predicted octanol–water partition coefficient (Wildman–Crippen LogP) is 1.15. The summed E-state index contributed by atoms with van der Waals surface area (Å²) in [5.41, 5.74) is 2.07. The number of nitrogens with one attached hydrogen (secondary N) is 1. The highest BCUT2D eigenvalue weighted by atomic mass is 35.5. The van der Waals surface area contributed by atoms with Gasteiger partial charge in [0.2, 0.25) is 11.9 Å². The van der Waals surface area contributed by atoms with Gasteiger partial charge in [-0.15, -0.1) is 0 Å². The van der Waals surface area contributed by atoms with Gasteiger partial charge in [0.05, 0.1) is 12.2 Å². The highest BCUT2D eigenvalue weighted by Crippen LogP contribution is 2.29. The van der Waals surface area contributed by atoms with E-state index in [4.69, 9.17) is 11.6 Å². The average Bonchev–Trinajstić information content (AvgIpc) is 2.58. The van der Waals surface area contributed by atoms with Gasteiger partial charge in [0.1, 0.15) is 6.54 Å². The monoisotopic (exact) mass is 221 g/mol. The standard InChI is InChI=1S/C10H8ClN3O/c11-7-2-1-6-4-12-10-13-9(15)5-14(10)8(6)3-7/h1-3H,4-5H2,(H,12,13,15). The molecule has 1 aromatic carbocycles. The molecule has 0 aromatic heterocycles.